The monoisotopic (exact) mass is 361 g/mol. The lowest BCUT2D eigenvalue weighted by atomic mass is 10.1. The van der Waals surface area contributed by atoms with E-state index in [9.17, 15) is 4.79 Å². The Hall–Kier alpha value is -2.75. The van der Waals surface area contributed by atoms with Crippen LogP contribution in [0.15, 0.2) is 42.5 Å². The molecule has 0 unspecified atom stereocenters. The summed E-state index contributed by atoms with van der Waals surface area (Å²) >= 11 is 0. The largest absolute Gasteiger partial charge is 0.371 e. The minimum Gasteiger partial charge on any atom is -0.371 e. The fraction of sp³-hybridized carbons (Fsp3) is 0.348. The molecule has 2 heterocycles. The van der Waals surface area contributed by atoms with Gasteiger partial charge in [-0.05, 0) is 61.6 Å². The van der Waals surface area contributed by atoms with Gasteiger partial charge in [0.25, 0.3) is 5.91 Å². The fourth-order valence-corrected chi connectivity index (χ4v) is 4.16. The van der Waals surface area contributed by atoms with E-state index in [0.29, 0.717) is 12.2 Å². The van der Waals surface area contributed by atoms with E-state index in [0.717, 1.165) is 24.0 Å². The van der Waals surface area contributed by atoms with Gasteiger partial charge in [0.05, 0.1) is 0 Å². The number of anilines is 1. The maximum atomic E-state index is 13.0. The van der Waals surface area contributed by atoms with Crippen molar-refractivity contribution in [2.45, 2.75) is 33.2 Å². The number of para-hydroxylation sites is 1. The summed E-state index contributed by atoms with van der Waals surface area (Å²) in [6, 6.07) is 14.7. The van der Waals surface area contributed by atoms with Crippen molar-refractivity contribution in [2.75, 3.05) is 25.0 Å². The van der Waals surface area contributed by atoms with Gasteiger partial charge in [0.2, 0.25) is 0 Å². The van der Waals surface area contributed by atoms with Crippen molar-refractivity contribution in [1.82, 2.24) is 9.88 Å². The Morgan fingerprint density at radius 1 is 1.11 bits per heavy atom. The molecule has 3 aromatic rings. The number of rotatable bonds is 4. The van der Waals surface area contributed by atoms with E-state index in [-0.39, 0.29) is 5.91 Å². The number of nitrogens with one attached hydrogen (secondary N) is 1. The molecule has 1 aliphatic heterocycles. The zero-order valence-corrected chi connectivity index (χ0v) is 16.4. The number of aromatic amines is 1. The molecular weight excluding hydrogens is 334 g/mol. The number of hydrogen-bond acceptors (Lipinski definition) is 2. The predicted molar refractivity (Wildman–Crippen MR) is 111 cm³/mol. The van der Waals surface area contributed by atoms with Crippen molar-refractivity contribution in [3.63, 3.8) is 0 Å². The van der Waals surface area contributed by atoms with Crippen LogP contribution in [-0.2, 0) is 6.54 Å². The summed E-state index contributed by atoms with van der Waals surface area (Å²) in [4.78, 5) is 20.6. The normalized spacial score (nSPS) is 14.1. The molecule has 27 heavy (non-hydrogen) atoms. The quantitative estimate of drug-likeness (QED) is 0.734. The molecule has 1 fully saturated rings. The third-order valence-electron chi connectivity index (χ3n) is 5.51. The van der Waals surface area contributed by atoms with Gasteiger partial charge in [-0.2, -0.15) is 0 Å². The molecule has 140 valence electrons. The number of aromatic nitrogens is 1. The number of hydrogen-bond donors (Lipinski definition) is 1. The molecule has 0 saturated carbocycles. The van der Waals surface area contributed by atoms with Crippen molar-refractivity contribution >= 4 is 22.5 Å². The van der Waals surface area contributed by atoms with Gasteiger partial charge in [-0.25, -0.2) is 0 Å². The van der Waals surface area contributed by atoms with Gasteiger partial charge in [0, 0.05) is 43.3 Å². The topological polar surface area (TPSA) is 39.3 Å². The standard InChI is InChI=1S/C23H27N3O/c1-16-12-17(2)19-14-21(24-20(19)13-16)23(27)25(3)15-18-8-4-5-9-22(18)26-10-6-7-11-26/h4-5,8-9,12-14,24H,6-7,10-11,15H2,1-3H3. The summed E-state index contributed by atoms with van der Waals surface area (Å²) in [5.74, 6) is 0.0273. The minimum atomic E-state index is 0.0273. The Bertz CT molecular complexity index is 982. The molecule has 1 N–H and O–H groups in total. The number of aryl methyl sites for hydroxylation is 2. The molecule has 1 aromatic heterocycles. The van der Waals surface area contributed by atoms with Crippen LogP contribution >= 0.6 is 0 Å². The zero-order valence-electron chi connectivity index (χ0n) is 16.4. The highest BCUT2D eigenvalue weighted by molar-refractivity contribution is 5.99. The smallest absolute Gasteiger partial charge is 0.270 e. The number of nitrogens with zero attached hydrogens (tertiary/aromatic N) is 2. The molecule has 4 heteroatoms. The van der Waals surface area contributed by atoms with Gasteiger partial charge in [-0.3, -0.25) is 4.79 Å². The van der Waals surface area contributed by atoms with Gasteiger partial charge >= 0.3 is 0 Å². The molecule has 0 bridgehead atoms. The molecular formula is C23H27N3O. The van der Waals surface area contributed by atoms with E-state index in [1.807, 2.05) is 18.0 Å². The van der Waals surface area contributed by atoms with Gasteiger partial charge in [-0.15, -0.1) is 0 Å². The van der Waals surface area contributed by atoms with Crippen molar-refractivity contribution in [3.8, 4) is 0 Å². The number of carbonyl (C=O) groups excluding carboxylic acids is 1. The summed E-state index contributed by atoms with van der Waals surface area (Å²) in [5, 5.41) is 1.12. The molecule has 4 rings (SSSR count). The van der Waals surface area contributed by atoms with E-state index in [4.69, 9.17) is 0 Å². The maximum Gasteiger partial charge on any atom is 0.270 e. The van der Waals surface area contributed by atoms with E-state index in [1.54, 1.807) is 0 Å². The number of H-pyrrole nitrogens is 1. The minimum absolute atomic E-state index is 0.0273. The first kappa shape index (κ1) is 17.7. The summed E-state index contributed by atoms with van der Waals surface area (Å²) in [6.07, 6.45) is 2.49. The van der Waals surface area contributed by atoms with Gasteiger partial charge < -0.3 is 14.8 Å². The first-order valence-electron chi connectivity index (χ1n) is 9.71. The van der Waals surface area contributed by atoms with E-state index < -0.39 is 0 Å². The van der Waals surface area contributed by atoms with Crippen LogP contribution in [0.3, 0.4) is 0 Å². The molecule has 1 aliphatic rings. The average molecular weight is 361 g/mol. The second-order valence-corrected chi connectivity index (χ2v) is 7.71. The molecule has 0 aliphatic carbocycles. The molecule has 0 atom stereocenters. The fourth-order valence-electron chi connectivity index (χ4n) is 4.16. The SMILES string of the molecule is Cc1cc(C)c2cc(C(=O)N(C)Cc3ccccc3N3CCCC3)[nH]c2c1. The lowest BCUT2D eigenvalue weighted by Gasteiger charge is -2.24. The third kappa shape index (κ3) is 3.44. The number of carbonyl (C=O) groups is 1. The van der Waals surface area contributed by atoms with Gasteiger partial charge in [0.15, 0.2) is 0 Å². The van der Waals surface area contributed by atoms with Crippen LogP contribution in [0.2, 0.25) is 0 Å². The van der Waals surface area contributed by atoms with Crippen molar-refractivity contribution in [1.29, 1.82) is 0 Å². The van der Waals surface area contributed by atoms with Crippen molar-refractivity contribution < 1.29 is 4.79 Å². The predicted octanol–water partition coefficient (Wildman–Crippen LogP) is 4.66. The summed E-state index contributed by atoms with van der Waals surface area (Å²) in [6.45, 7) is 6.99. The van der Waals surface area contributed by atoms with E-state index >= 15 is 0 Å². The Labute approximate surface area is 160 Å². The lowest BCUT2D eigenvalue weighted by Crippen LogP contribution is -2.28. The Morgan fingerprint density at radius 2 is 1.85 bits per heavy atom. The van der Waals surface area contributed by atoms with E-state index in [2.05, 4.69) is 60.1 Å². The highest BCUT2D eigenvalue weighted by Crippen LogP contribution is 2.26. The lowest BCUT2D eigenvalue weighted by molar-refractivity contribution is 0.0780. The molecule has 2 aromatic carbocycles. The van der Waals surface area contributed by atoms with Crippen LogP contribution in [-0.4, -0.2) is 35.9 Å². The van der Waals surface area contributed by atoms with Crippen molar-refractivity contribution in [3.05, 3.63) is 64.8 Å². The summed E-state index contributed by atoms with van der Waals surface area (Å²) in [7, 11) is 1.88. The van der Waals surface area contributed by atoms with Crippen LogP contribution in [0, 0.1) is 13.8 Å². The average Bonchev–Trinajstić information content (AvgIpc) is 3.31. The number of fused-ring (bicyclic) bond motifs is 1. The van der Waals surface area contributed by atoms with Crippen LogP contribution in [0.4, 0.5) is 5.69 Å². The highest BCUT2D eigenvalue weighted by atomic mass is 16.2. The highest BCUT2D eigenvalue weighted by Gasteiger charge is 2.19. The second-order valence-electron chi connectivity index (χ2n) is 7.71. The zero-order chi connectivity index (χ0) is 19.0. The molecule has 0 radical (unpaired) electrons. The van der Waals surface area contributed by atoms with Crippen LogP contribution in [0.1, 0.15) is 40.0 Å². The Balaban J connectivity index is 1.58. The molecule has 1 amide bonds. The van der Waals surface area contributed by atoms with Crippen LogP contribution in [0.5, 0.6) is 0 Å². The number of benzene rings is 2. The van der Waals surface area contributed by atoms with Crippen molar-refractivity contribution in [2.24, 2.45) is 0 Å². The van der Waals surface area contributed by atoms with Gasteiger partial charge in [0.1, 0.15) is 5.69 Å². The second kappa shape index (κ2) is 7.10. The van der Waals surface area contributed by atoms with Gasteiger partial charge in [-0.1, -0.05) is 24.3 Å². The Kier molecular flexibility index (Phi) is 4.65. The summed E-state index contributed by atoms with van der Waals surface area (Å²) in [5.41, 5.74) is 6.55. The third-order valence-corrected chi connectivity index (χ3v) is 5.51. The van der Waals surface area contributed by atoms with Crippen LogP contribution < -0.4 is 4.90 Å². The molecule has 4 nitrogen and oxygen atoms in total. The molecule has 1 saturated heterocycles. The molecule has 0 spiro atoms. The maximum absolute atomic E-state index is 13.0. The van der Waals surface area contributed by atoms with E-state index in [1.165, 1.54) is 35.2 Å². The summed E-state index contributed by atoms with van der Waals surface area (Å²) < 4.78 is 0. The number of amides is 1. The Morgan fingerprint density at radius 3 is 2.63 bits per heavy atom. The first-order valence-corrected chi connectivity index (χ1v) is 9.71. The van der Waals surface area contributed by atoms with Crippen LogP contribution in [0.25, 0.3) is 10.9 Å². The first-order chi connectivity index (χ1) is 13.0.